The van der Waals surface area contributed by atoms with E-state index in [4.69, 9.17) is 0 Å². The minimum Gasteiger partial charge on any atom is -0.200 e. The molecule has 0 fully saturated rings. The summed E-state index contributed by atoms with van der Waals surface area (Å²) < 4.78 is 25.2. The monoisotopic (exact) mass is 380 g/mol. The van der Waals surface area contributed by atoms with Crippen LogP contribution in [0.15, 0.2) is 56.9 Å². The summed E-state index contributed by atoms with van der Waals surface area (Å²) in [6, 6.07) is 12.4. The van der Waals surface area contributed by atoms with Gasteiger partial charge in [0.05, 0.1) is 10.6 Å². The molecule has 2 aromatic rings. The van der Waals surface area contributed by atoms with E-state index in [-0.39, 0.29) is 4.90 Å². The summed E-state index contributed by atoms with van der Waals surface area (Å²) in [5.74, 6) is 0. The molecule has 2 aromatic carbocycles. The molecule has 0 saturated carbocycles. The SMILES string of the molecule is C/C(=N/NS(=O)(=O)c1ccc(Br)cc1)c1cc(C)ccc1C. The van der Waals surface area contributed by atoms with Gasteiger partial charge in [-0.1, -0.05) is 33.6 Å². The highest BCUT2D eigenvalue weighted by Gasteiger charge is 2.13. The number of benzene rings is 2. The van der Waals surface area contributed by atoms with Crippen LogP contribution in [0, 0.1) is 13.8 Å². The lowest BCUT2D eigenvalue weighted by atomic mass is 10.0. The number of hydrogen-bond acceptors (Lipinski definition) is 3. The standard InChI is InChI=1S/C16H17BrN2O2S/c1-11-4-5-12(2)16(10-11)13(3)18-19-22(20,21)15-8-6-14(17)7-9-15/h4-10,19H,1-3H3/b18-13-. The first-order valence-corrected chi connectivity index (χ1v) is 8.96. The Morgan fingerprint density at radius 2 is 1.73 bits per heavy atom. The highest BCUT2D eigenvalue weighted by molar-refractivity contribution is 9.10. The van der Waals surface area contributed by atoms with Gasteiger partial charge in [-0.3, -0.25) is 0 Å². The van der Waals surface area contributed by atoms with Crippen LogP contribution in [0.3, 0.4) is 0 Å². The van der Waals surface area contributed by atoms with Crippen molar-refractivity contribution in [2.24, 2.45) is 5.10 Å². The average Bonchev–Trinajstić information content (AvgIpc) is 2.48. The lowest BCUT2D eigenvalue weighted by molar-refractivity contribution is 0.584. The number of nitrogens with zero attached hydrogens (tertiary/aromatic N) is 1. The van der Waals surface area contributed by atoms with Crippen LogP contribution in [-0.4, -0.2) is 14.1 Å². The van der Waals surface area contributed by atoms with Crippen molar-refractivity contribution < 1.29 is 8.42 Å². The Bertz CT molecular complexity index is 813. The van der Waals surface area contributed by atoms with Crippen LogP contribution < -0.4 is 4.83 Å². The molecule has 0 bridgehead atoms. The second kappa shape index (κ2) is 6.62. The van der Waals surface area contributed by atoms with Gasteiger partial charge in [0, 0.05) is 10.0 Å². The molecular weight excluding hydrogens is 364 g/mol. The predicted molar refractivity (Wildman–Crippen MR) is 92.6 cm³/mol. The van der Waals surface area contributed by atoms with Gasteiger partial charge in [-0.25, -0.2) is 0 Å². The molecule has 22 heavy (non-hydrogen) atoms. The highest BCUT2D eigenvalue weighted by atomic mass is 79.9. The Morgan fingerprint density at radius 3 is 2.36 bits per heavy atom. The molecule has 1 N–H and O–H groups in total. The first kappa shape index (κ1) is 16.7. The third-order valence-corrected chi connectivity index (χ3v) is 4.99. The van der Waals surface area contributed by atoms with Crippen molar-refractivity contribution in [3.8, 4) is 0 Å². The lowest BCUT2D eigenvalue weighted by Crippen LogP contribution is -2.20. The molecule has 0 aliphatic heterocycles. The molecule has 0 radical (unpaired) electrons. The first-order valence-electron chi connectivity index (χ1n) is 6.69. The molecule has 0 amide bonds. The minimum absolute atomic E-state index is 0.174. The van der Waals surface area contributed by atoms with E-state index >= 15 is 0 Å². The fourth-order valence-corrected chi connectivity index (χ4v) is 3.10. The number of aryl methyl sites for hydroxylation is 2. The molecule has 0 saturated heterocycles. The van der Waals surface area contributed by atoms with Crippen LogP contribution in [-0.2, 0) is 10.0 Å². The van der Waals surface area contributed by atoms with E-state index in [0.717, 1.165) is 21.2 Å². The van der Waals surface area contributed by atoms with Crippen molar-refractivity contribution in [1.82, 2.24) is 4.83 Å². The molecular formula is C16H17BrN2O2S. The van der Waals surface area contributed by atoms with Gasteiger partial charge in [0.25, 0.3) is 10.0 Å². The highest BCUT2D eigenvalue weighted by Crippen LogP contribution is 2.15. The molecule has 6 heteroatoms. The molecule has 0 aromatic heterocycles. The Labute approximate surface area is 139 Å². The van der Waals surface area contributed by atoms with Gasteiger partial charge < -0.3 is 0 Å². The summed E-state index contributed by atoms with van der Waals surface area (Å²) in [4.78, 5) is 2.46. The maximum Gasteiger partial charge on any atom is 0.276 e. The third-order valence-electron chi connectivity index (χ3n) is 3.24. The summed E-state index contributed by atoms with van der Waals surface area (Å²) in [5, 5.41) is 4.03. The first-order chi connectivity index (χ1) is 10.3. The number of nitrogens with one attached hydrogen (secondary N) is 1. The van der Waals surface area contributed by atoms with E-state index < -0.39 is 10.0 Å². The number of hydrazone groups is 1. The van der Waals surface area contributed by atoms with Crippen LogP contribution in [0.25, 0.3) is 0 Å². The van der Waals surface area contributed by atoms with Crippen LogP contribution in [0.1, 0.15) is 23.6 Å². The van der Waals surface area contributed by atoms with Crippen LogP contribution in [0.2, 0.25) is 0 Å². The van der Waals surface area contributed by atoms with E-state index in [9.17, 15) is 8.42 Å². The zero-order valence-corrected chi connectivity index (χ0v) is 15.0. The molecule has 0 aliphatic carbocycles. The number of sulfonamides is 1. The van der Waals surface area contributed by atoms with Crippen LogP contribution in [0.4, 0.5) is 0 Å². The van der Waals surface area contributed by atoms with Gasteiger partial charge in [0.1, 0.15) is 0 Å². The molecule has 4 nitrogen and oxygen atoms in total. The fraction of sp³-hybridized carbons (Fsp3) is 0.188. The van der Waals surface area contributed by atoms with Crippen LogP contribution >= 0.6 is 15.9 Å². The normalized spacial score (nSPS) is 12.3. The quantitative estimate of drug-likeness (QED) is 0.648. The summed E-state index contributed by atoms with van der Waals surface area (Å²) in [7, 11) is -3.66. The van der Waals surface area contributed by atoms with Crippen molar-refractivity contribution in [3.63, 3.8) is 0 Å². The van der Waals surface area contributed by atoms with E-state index in [1.807, 2.05) is 32.0 Å². The minimum atomic E-state index is -3.66. The Kier molecular flexibility index (Phi) is 5.03. The maximum absolute atomic E-state index is 12.2. The zero-order chi connectivity index (χ0) is 16.3. The molecule has 2 rings (SSSR count). The topological polar surface area (TPSA) is 58.5 Å². The number of hydrogen-bond donors (Lipinski definition) is 1. The predicted octanol–water partition coefficient (Wildman–Crippen LogP) is 3.77. The molecule has 0 spiro atoms. The summed E-state index contributed by atoms with van der Waals surface area (Å²) in [6.07, 6.45) is 0. The Hall–Kier alpha value is -1.66. The van der Waals surface area contributed by atoms with Crippen molar-refractivity contribution in [3.05, 3.63) is 63.6 Å². The average molecular weight is 381 g/mol. The summed E-state index contributed by atoms with van der Waals surface area (Å²) in [6.45, 7) is 5.74. The second-order valence-electron chi connectivity index (χ2n) is 5.06. The van der Waals surface area contributed by atoms with Gasteiger partial charge in [-0.15, -0.1) is 0 Å². The van der Waals surface area contributed by atoms with Crippen molar-refractivity contribution in [2.75, 3.05) is 0 Å². The number of rotatable bonds is 4. The molecule has 0 atom stereocenters. The van der Waals surface area contributed by atoms with Gasteiger partial charge in [-0.2, -0.15) is 18.4 Å². The third kappa shape index (κ3) is 3.96. The van der Waals surface area contributed by atoms with Crippen molar-refractivity contribution in [1.29, 1.82) is 0 Å². The lowest BCUT2D eigenvalue weighted by Gasteiger charge is -2.08. The summed E-state index contributed by atoms with van der Waals surface area (Å²) >= 11 is 3.28. The number of halogens is 1. The Balaban J connectivity index is 2.26. The van der Waals surface area contributed by atoms with Gasteiger partial charge >= 0.3 is 0 Å². The van der Waals surface area contributed by atoms with E-state index in [1.54, 1.807) is 19.1 Å². The maximum atomic E-state index is 12.2. The fourth-order valence-electron chi connectivity index (χ4n) is 1.98. The Morgan fingerprint density at radius 1 is 1.09 bits per heavy atom. The van der Waals surface area contributed by atoms with Gasteiger partial charge in [-0.05, 0) is 56.7 Å². The zero-order valence-electron chi connectivity index (χ0n) is 12.6. The molecule has 0 aliphatic rings. The molecule has 0 heterocycles. The van der Waals surface area contributed by atoms with E-state index in [0.29, 0.717) is 5.71 Å². The smallest absolute Gasteiger partial charge is 0.200 e. The molecule has 116 valence electrons. The van der Waals surface area contributed by atoms with Gasteiger partial charge in [0.15, 0.2) is 0 Å². The summed E-state index contributed by atoms with van der Waals surface area (Å²) in [5.41, 5.74) is 3.71. The second-order valence-corrected chi connectivity index (χ2v) is 7.64. The van der Waals surface area contributed by atoms with Gasteiger partial charge in [0.2, 0.25) is 0 Å². The molecule has 0 unspecified atom stereocenters. The van der Waals surface area contributed by atoms with Crippen molar-refractivity contribution in [2.45, 2.75) is 25.7 Å². The largest absolute Gasteiger partial charge is 0.276 e. The van der Waals surface area contributed by atoms with E-state index in [1.165, 1.54) is 12.1 Å². The van der Waals surface area contributed by atoms with E-state index in [2.05, 4.69) is 25.9 Å². The van der Waals surface area contributed by atoms with Crippen LogP contribution in [0.5, 0.6) is 0 Å². The van der Waals surface area contributed by atoms with Crippen molar-refractivity contribution >= 4 is 31.7 Å².